The molecule has 0 aliphatic carbocycles. The molecule has 0 aliphatic rings. The zero-order chi connectivity index (χ0) is 13.3. The van der Waals surface area contributed by atoms with E-state index in [1.54, 1.807) is 20.8 Å². The Balaban J connectivity index is 3.22. The van der Waals surface area contributed by atoms with E-state index >= 15 is 0 Å². The summed E-state index contributed by atoms with van der Waals surface area (Å²) in [5.41, 5.74) is 4.60. The van der Waals surface area contributed by atoms with E-state index in [2.05, 4.69) is 4.98 Å². The van der Waals surface area contributed by atoms with Gasteiger partial charge in [-0.15, -0.1) is 0 Å². The average Bonchev–Trinajstić information content (AvgIpc) is 2.14. The smallest absolute Gasteiger partial charge is 0.328 e. The lowest BCUT2D eigenvalue weighted by Crippen LogP contribution is -2.30. The van der Waals surface area contributed by atoms with Gasteiger partial charge < -0.3 is 5.73 Å². The summed E-state index contributed by atoms with van der Waals surface area (Å²) < 4.78 is 38.6. The van der Waals surface area contributed by atoms with Crippen molar-refractivity contribution >= 4 is 0 Å². The lowest BCUT2D eigenvalue weighted by molar-refractivity contribution is -0.138. The summed E-state index contributed by atoms with van der Waals surface area (Å²) in [7, 11) is 0. The number of halogens is 3. The van der Waals surface area contributed by atoms with Crippen molar-refractivity contribution in [3.05, 3.63) is 29.6 Å². The van der Waals surface area contributed by atoms with Crippen molar-refractivity contribution in [3.8, 4) is 0 Å². The SMILES string of the molecule is CC(N)CC(C)(C)c1cnccc1C(F)(F)F. The lowest BCUT2D eigenvalue weighted by Gasteiger charge is -2.29. The molecule has 0 saturated heterocycles. The van der Waals surface area contributed by atoms with Crippen molar-refractivity contribution in [1.29, 1.82) is 0 Å². The molecule has 1 aromatic rings. The summed E-state index contributed by atoms with van der Waals surface area (Å²) in [4.78, 5) is 3.79. The second-order valence-corrected chi connectivity index (χ2v) is 4.98. The third kappa shape index (κ3) is 3.43. The minimum atomic E-state index is -4.35. The molecule has 5 heteroatoms. The van der Waals surface area contributed by atoms with Gasteiger partial charge in [0.1, 0.15) is 0 Å². The van der Waals surface area contributed by atoms with Crippen LogP contribution in [0.1, 0.15) is 38.3 Å². The highest BCUT2D eigenvalue weighted by Gasteiger charge is 2.37. The summed E-state index contributed by atoms with van der Waals surface area (Å²) in [5.74, 6) is 0. The summed E-state index contributed by atoms with van der Waals surface area (Å²) in [6.45, 7) is 5.29. The molecule has 0 bridgehead atoms. The Morgan fingerprint density at radius 3 is 2.35 bits per heavy atom. The summed E-state index contributed by atoms with van der Waals surface area (Å²) >= 11 is 0. The van der Waals surface area contributed by atoms with Gasteiger partial charge in [0.15, 0.2) is 0 Å². The van der Waals surface area contributed by atoms with Crippen molar-refractivity contribution in [1.82, 2.24) is 4.98 Å². The van der Waals surface area contributed by atoms with Crippen molar-refractivity contribution in [2.24, 2.45) is 5.73 Å². The highest BCUT2D eigenvalue weighted by atomic mass is 19.4. The average molecular weight is 246 g/mol. The number of nitrogens with two attached hydrogens (primary N) is 1. The Morgan fingerprint density at radius 1 is 1.29 bits per heavy atom. The third-order valence-corrected chi connectivity index (χ3v) is 2.69. The van der Waals surface area contributed by atoms with Gasteiger partial charge in [0.2, 0.25) is 0 Å². The fourth-order valence-electron chi connectivity index (χ4n) is 2.10. The summed E-state index contributed by atoms with van der Waals surface area (Å²) in [5, 5.41) is 0. The number of nitrogens with zero attached hydrogens (tertiary/aromatic N) is 1. The van der Waals surface area contributed by atoms with E-state index in [1.807, 2.05) is 0 Å². The van der Waals surface area contributed by atoms with E-state index < -0.39 is 17.2 Å². The molecule has 0 amide bonds. The first-order chi connectivity index (χ1) is 7.64. The predicted molar refractivity (Wildman–Crippen MR) is 60.5 cm³/mol. The van der Waals surface area contributed by atoms with Gasteiger partial charge in [-0.05, 0) is 30.4 Å². The normalized spacial score (nSPS) is 14.8. The maximum Gasteiger partial charge on any atom is 0.416 e. The predicted octanol–water partition coefficient (Wildman–Crippen LogP) is 3.12. The molecule has 0 fully saturated rings. The van der Waals surface area contributed by atoms with Gasteiger partial charge in [0, 0.05) is 18.4 Å². The minimum absolute atomic E-state index is 0.161. The zero-order valence-corrected chi connectivity index (χ0v) is 10.2. The molecule has 0 aliphatic heterocycles. The molecule has 1 heterocycles. The maximum atomic E-state index is 12.9. The van der Waals surface area contributed by atoms with Crippen LogP contribution in [0.25, 0.3) is 0 Å². The molecule has 2 N–H and O–H groups in total. The molecule has 0 saturated carbocycles. The Hall–Kier alpha value is -1.10. The zero-order valence-electron chi connectivity index (χ0n) is 10.2. The van der Waals surface area contributed by atoms with Crippen LogP contribution in [0.4, 0.5) is 13.2 Å². The molecule has 1 rings (SSSR count). The fourth-order valence-corrected chi connectivity index (χ4v) is 2.10. The second kappa shape index (κ2) is 4.64. The number of alkyl halides is 3. The number of rotatable bonds is 3. The van der Waals surface area contributed by atoms with Crippen molar-refractivity contribution in [3.63, 3.8) is 0 Å². The summed E-state index contributed by atoms with van der Waals surface area (Å²) in [6.07, 6.45) is -1.44. The van der Waals surface area contributed by atoms with E-state index in [9.17, 15) is 13.2 Å². The monoisotopic (exact) mass is 246 g/mol. The summed E-state index contributed by atoms with van der Waals surface area (Å²) in [6, 6.07) is 0.851. The molecule has 0 aromatic carbocycles. The third-order valence-electron chi connectivity index (χ3n) is 2.69. The van der Waals surface area contributed by atoms with Crippen LogP contribution in [0, 0.1) is 0 Å². The van der Waals surface area contributed by atoms with E-state index in [0.29, 0.717) is 6.42 Å². The molecule has 2 nitrogen and oxygen atoms in total. The first-order valence-electron chi connectivity index (χ1n) is 5.42. The van der Waals surface area contributed by atoms with E-state index in [4.69, 9.17) is 5.73 Å². The highest BCUT2D eigenvalue weighted by Crippen LogP contribution is 2.38. The molecule has 1 atom stereocenters. The first kappa shape index (κ1) is 14.0. The van der Waals surface area contributed by atoms with E-state index in [-0.39, 0.29) is 11.6 Å². The molecule has 17 heavy (non-hydrogen) atoms. The quantitative estimate of drug-likeness (QED) is 0.890. The van der Waals surface area contributed by atoms with Crippen LogP contribution >= 0.6 is 0 Å². The Labute approximate surface area is 99.0 Å². The van der Waals surface area contributed by atoms with Crippen LogP contribution in [0.2, 0.25) is 0 Å². The molecule has 0 spiro atoms. The standard InChI is InChI=1S/C12H17F3N2/c1-8(16)6-11(2,3)10-7-17-5-4-9(10)12(13,14)15/h4-5,7-8H,6,16H2,1-3H3. The van der Waals surface area contributed by atoms with Crippen molar-refractivity contribution in [2.45, 2.75) is 44.8 Å². The van der Waals surface area contributed by atoms with Crippen molar-refractivity contribution < 1.29 is 13.2 Å². The van der Waals surface area contributed by atoms with Gasteiger partial charge >= 0.3 is 6.18 Å². The Bertz CT molecular complexity index is 384. The number of hydrogen-bond acceptors (Lipinski definition) is 2. The van der Waals surface area contributed by atoms with Crippen LogP contribution < -0.4 is 5.73 Å². The Morgan fingerprint density at radius 2 is 1.88 bits per heavy atom. The van der Waals surface area contributed by atoms with E-state index in [0.717, 1.165) is 12.3 Å². The molecule has 1 aromatic heterocycles. The first-order valence-corrected chi connectivity index (χ1v) is 5.42. The van der Waals surface area contributed by atoms with Gasteiger partial charge in [-0.2, -0.15) is 13.2 Å². The lowest BCUT2D eigenvalue weighted by atomic mass is 9.78. The number of pyridine rings is 1. The highest BCUT2D eigenvalue weighted by molar-refractivity contribution is 5.32. The molecular weight excluding hydrogens is 229 g/mol. The topological polar surface area (TPSA) is 38.9 Å². The van der Waals surface area contributed by atoms with Gasteiger partial charge in [0.05, 0.1) is 5.56 Å². The van der Waals surface area contributed by atoms with Gasteiger partial charge in [-0.25, -0.2) is 0 Å². The fraction of sp³-hybridized carbons (Fsp3) is 0.583. The van der Waals surface area contributed by atoms with Crippen LogP contribution in [-0.4, -0.2) is 11.0 Å². The van der Waals surface area contributed by atoms with E-state index in [1.165, 1.54) is 6.20 Å². The second-order valence-electron chi connectivity index (χ2n) is 4.98. The van der Waals surface area contributed by atoms with Crippen LogP contribution in [0.3, 0.4) is 0 Å². The minimum Gasteiger partial charge on any atom is -0.328 e. The van der Waals surface area contributed by atoms with Crippen LogP contribution in [-0.2, 0) is 11.6 Å². The molecule has 96 valence electrons. The Kier molecular flexibility index (Phi) is 3.81. The molecule has 0 radical (unpaired) electrons. The number of hydrogen-bond donors (Lipinski definition) is 1. The van der Waals surface area contributed by atoms with Gasteiger partial charge in [0.25, 0.3) is 0 Å². The number of aromatic nitrogens is 1. The van der Waals surface area contributed by atoms with Gasteiger partial charge in [-0.1, -0.05) is 13.8 Å². The van der Waals surface area contributed by atoms with Crippen LogP contribution in [0.5, 0.6) is 0 Å². The van der Waals surface area contributed by atoms with Crippen molar-refractivity contribution in [2.75, 3.05) is 0 Å². The molecule has 1 unspecified atom stereocenters. The van der Waals surface area contributed by atoms with Gasteiger partial charge in [-0.3, -0.25) is 4.98 Å². The van der Waals surface area contributed by atoms with Crippen LogP contribution in [0.15, 0.2) is 18.5 Å². The molecular formula is C12H17F3N2. The maximum absolute atomic E-state index is 12.9. The largest absolute Gasteiger partial charge is 0.416 e.